The SMILES string of the molecule is CCNC(=NCc1ccc(F)cc1CSC)NCc1nccn1C. The van der Waals surface area contributed by atoms with E-state index >= 15 is 0 Å². The Labute approximate surface area is 146 Å². The highest BCUT2D eigenvalue weighted by Gasteiger charge is 2.05. The van der Waals surface area contributed by atoms with Crippen LogP contribution in [0.1, 0.15) is 23.9 Å². The highest BCUT2D eigenvalue weighted by Crippen LogP contribution is 2.17. The third-order valence-electron chi connectivity index (χ3n) is 3.55. The third-order valence-corrected chi connectivity index (χ3v) is 4.15. The molecule has 2 rings (SSSR count). The lowest BCUT2D eigenvalue weighted by Crippen LogP contribution is -2.37. The molecule has 0 saturated carbocycles. The number of aryl methyl sites for hydroxylation is 1. The van der Waals surface area contributed by atoms with Crippen molar-refractivity contribution in [2.75, 3.05) is 12.8 Å². The molecule has 0 bridgehead atoms. The van der Waals surface area contributed by atoms with Crippen LogP contribution in [0.5, 0.6) is 0 Å². The quantitative estimate of drug-likeness (QED) is 0.596. The molecule has 0 spiro atoms. The second-order valence-corrected chi connectivity index (χ2v) is 6.22. The zero-order valence-electron chi connectivity index (χ0n) is 14.3. The topological polar surface area (TPSA) is 54.2 Å². The standard InChI is InChI=1S/C17H24FN5S/c1-4-19-17(22-11-16-20-7-8-23(16)2)21-10-13-5-6-15(18)9-14(13)12-24-3/h5-9H,4,10-12H2,1-3H3,(H2,19,21,22). The summed E-state index contributed by atoms with van der Waals surface area (Å²) in [6.45, 7) is 3.89. The lowest BCUT2D eigenvalue weighted by molar-refractivity contribution is 0.625. The summed E-state index contributed by atoms with van der Waals surface area (Å²) < 4.78 is 15.4. The smallest absolute Gasteiger partial charge is 0.191 e. The number of aromatic nitrogens is 2. The van der Waals surface area contributed by atoms with Gasteiger partial charge in [-0.2, -0.15) is 11.8 Å². The number of hydrogen-bond acceptors (Lipinski definition) is 3. The Morgan fingerprint density at radius 2 is 2.17 bits per heavy atom. The number of halogens is 1. The van der Waals surface area contributed by atoms with Gasteiger partial charge in [0.2, 0.25) is 0 Å². The van der Waals surface area contributed by atoms with Gasteiger partial charge in [-0.1, -0.05) is 6.07 Å². The molecular weight excluding hydrogens is 325 g/mol. The molecule has 0 fully saturated rings. The van der Waals surface area contributed by atoms with E-state index in [1.54, 1.807) is 24.0 Å². The zero-order chi connectivity index (χ0) is 17.4. The second-order valence-electron chi connectivity index (χ2n) is 5.35. The Morgan fingerprint density at radius 1 is 1.33 bits per heavy atom. The Bertz CT molecular complexity index is 683. The summed E-state index contributed by atoms with van der Waals surface area (Å²) in [4.78, 5) is 8.90. The first-order valence-electron chi connectivity index (χ1n) is 7.88. The lowest BCUT2D eigenvalue weighted by Gasteiger charge is -2.12. The molecule has 0 aliphatic heterocycles. The number of hydrogen-bond donors (Lipinski definition) is 2. The maximum Gasteiger partial charge on any atom is 0.191 e. The van der Waals surface area contributed by atoms with Crippen molar-refractivity contribution in [3.8, 4) is 0 Å². The molecule has 0 unspecified atom stereocenters. The molecule has 1 heterocycles. The largest absolute Gasteiger partial charge is 0.357 e. The molecule has 2 N–H and O–H groups in total. The van der Waals surface area contributed by atoms with E-state index in [1.807, 2.05) is 37.1 Å². The molecular formula is C17H24FN5S. The summed E-state index contributed by atoms with van der Waals surface area (Å²) in [7, 11) is 1.96. The van der Waals surface area contributed by atoms with Crippen LogP contribution in [0.4, 0.5) is 4.39 Å². The van der Waals surface area contributed by atoms with Gasteiger partial charge < -0.3 is 15.2 Å². The summed E-state index contributed by atoms with van der Waals surface area (Å²) in [5.74, 6) is 2.23. The molecule has 0 aliphatic carbocycles. The minimum atomic E-state index is -0.202. The van der Waals surface area contributed by atoms with Crippen molar-refractivity contribution in [1.29, 1.82) is 0 Å². The van der Waals surface area contributed by atoms with Gasteiger partial charge in [-0.15, -0.1) is 0 Å². The summed E-state index contributed by atoms with van der Waals surface area (Å²) in [5.41, 5.74) is 2.03. The predicted octanol–water partition coefficient (Wildman–Crippen LogP) is 2.68. The second kappa shape index (κ2) is 9.32. The van der Waals surface area contributed by atoms with Crippen LogP contribution in [-0.4, -0.2) is 28.3 Å². The van der Waals surface area contributed by atoms with E-state index in [1.165, 1.54) is 6.07 Å². The number of thioether (sulfide) groups is 1. The van der Waals surface area contributed by atoms with Gasteiger partial charge in [0.1, 0.15) is 11.6 Å². The van der Waals surface area contributed by atoms with Crippen molar-refractivity contribution >= 4 is 17.7 Å². The first-order valence-corrected chi connectivity index (χ1v) is 9.28. The number of nitrogens with one attached hydrogen (secondary N) is 2. The van der Waals surface area contributed by atoms with Crippen LogP contribution in [0, 0.1) is 5.82 Å². The van der Waals surface area contributed by atoms with Crippen LogP contribution in [0.2, 0.25) is 0 Å². The van der Waals surface area contributed by atoms with Gasteiger partial charge in [0.05, 0.1) is 13.1 Å². The van der Waals surface area contributed by atoms with Crippen LogP contribution in [0.3, 0.4) is 0 Å². The molecule has 0 saturated heterocycles. The first kappa shape index (κ1) is 18.3. The van der Waals surface area contributed by atoms with E-state index in [4.69, 9.17) is 0 Å². The number of nitrogens with zero attached hydrogens (tertiary/aromatic N) is 3. The van der Waals surface area contributed by atoms with Crippen molar-refractivity contribution < 1.29 is 4.39 Å². The summed E-state index contributed by atoms with van der Waals surface area (Å²) >= 11 is 1.67. The number of benzene rings is 1. The fourth-order valence-corrected chi connectivity index (χ4v) is 2.85. The highest BCUT2D eigenvalue weighted by atomic mass is 32.2. The van der Waals surface area contributed by atoms with Crippen LogP contribution in [0.25, 0.3) is 0 Å². The van der Waals surface area contributed by atoms with E-state index in [2.05, 4.69) is 20.6 Å². The molecule has 1 aromatic heterocycles. The van der Waals surface area contributed by atoms with Gasteiger partial charge in [-0.3, -0.25) is 0 Å². The van der Waals surface area contributed by atoms with Crippen molar-refractivity contribution in [1.82, 2.24) is 20.2 Å². The van der Waals surface area contributed by atoms with Gasteiger partial charge >= 0.3 is 0 Å². The van der Waals surface area contributed by atoms with E-state index in [-0.39, 0.29) is 5.82 Å². The summed E-state index contributed by atoms with van der Waals surface area (Å²) in [5, 5.41) is 6.49. The van der Waals surface area contributed by atoms with Gasteiger partial charge in [0.25, 0.3) is 0 Å². The molecule has 5 nitrogen and oxygen atoms in total. The molecule has 0 aliphatic rings. The monoisotopic (exact) mass is 349 g/mol. The number of aliphatic imine (C=N–C) groups is 1. The fourth-order valence-electron chi connectivity index (χ4n) is 2.27. The Morgan fingerprint density at radius 3 is 2.83 bits per heavy atom. The maximum absolute atomic E-state index is 13.4. The van der Waals surface area contributed by atoms with Gasteiger partial charge in [-0.25, -0.2) is 14.4 Å². The molecule has 7 heteroatoms. The number of guanidine groups is 1. The summed E-state index contributed by atoms with van der Waals surface area (Å²) in [6.07, 6.45) is 5.69. The Hall–Kier alpha value is -2.02. The molecule has 0 atom stereocenters. The van der Waals surface area contributed by atoms with Gasteiger partial charge in [-0.05, 0) is 36.4 Å². The van der Waals surface area contributed by atoms with Crippen LogP contribution < -0.4 is 10.6 Å². The van der Waals surface area contributed by atoms with E-state index in [0.717, 1.165) is 35.2 Å². The fraction of sp³-hybridized carbons (Fsp3) is 0.412. The van der Waals surface area contributed by atoms with E-state index in [0.29, 0.717) is 13.1 Å². The Kier molecular flexibility index (Phi) is 7.11. The first-order chi connectivity index (χ1) is 11.6. The third kappa shape index (κ3) is 5.26. The number of rotatable bonds is 7. The van der Waals surface area contributed by atoms with Crippen LogP contribution >= 0.6 is 11.8 Å². The van der Waals surface area contributed by atoms with Crippen LogP contribution in [-0.2, 0) is 25.9 Å². The van der Waals surface area contributed by atoms with Gasteiger partial charge in [0.15, 0.2) is 5.96 Å². The average Bonchev–Trinajstić information content (AvgIpc) is 2.97. The maximum atomic E-state index is 13.4. The lowest BCUT2D eigenvalue weighted by atomic mass is 10.1. The zero-order valence-corrected chi connectivity index (χ0v) is 15.2. The van der Waals surface area contributed by atoms with Crippen molar-refractivity contribution in [3.63, 3.8) is 0 Å². The highest BCUT2D eigenvalue weighted by molar-refractivity contribution is 7.97. The molecule has 2 aromatic rings. The van der Waals surface area contributed by atoms with E-state index < -0.39 is 0 Å². The number of imidazole rings is 1. The van der Waals surface area contributed by atoms with Crippen molar-refractivity contribution in [2.45, 2.75) is 25.8 Å². The minimum absolute atomic E-state index is 0.202. The summed E-state index contributed by atoms with van der Waals surface area (Å²) in [6, 6.07) is 4.89. The average molecular weight is 349 g/mol. The molecule has 0 radical (unpaired) electrons. The van der Waals surface area contributed by atoms with E-state index in [9.17, 15) is 4.39 Å². The minimum Gasteiger partial charge on any atom is -0.357 e. The molecule has 0 amide bonds. The molecule has 130 valence electrons. The predicted molar refractivity (Wildman–Crippen MR) is 98.5 cm³/mol. The van der Waals surface area contributed by atoms with Crippen LogP contribution in [0.15, 0.2) is 35.6 Å². The van der Waals surface area contributed by atoms with Crippen molar-refractivity contribution in [3.05, 3.63) is 53.4 Å². The molecule has 24 heavy (non-hydrogen) atoms. The van der Waals surface area contributed by atoms with Crippen molar-refractivity contribution in [2.24, 2.45) is 12.0 Å². The normalized spacial score (nSPS) is 11.6. The Balaban J connectivity index is 2.06. The van der Waals surface area contributed by atoms with Gasteiger partial charge in [0, 0.05) is 31.7 Å². The molecule has 1 aromatic carbocycles.